The van der Waals surface area contributed by atoms with E-state index in [-0.39, 0.29) is 29.8 Å². The third kappa shape index (κ3) is 5.31. The molecule has 192 valence electrons. The Balaban J connectivity index is 1.95. The maximum atomic E-state index is 13.6. The highest BCUT2D eigenvalue weighted by Crippen LogP contribution is 2.31. The van der Waals surface area contributed by atoms with E-state index in [0.717, 1.165) is 4.90 Å². The van der Waals surface area contributed by atoms with Crippen molar-refractivity contribution in [2.45, 2.75) is 18.8 Å². The molecule has 11 nitrogen and oxygen atoms in total. The van der Waals surface area contributed by atoms with Crippen molar-refractivity contribution in [1.82, 2.24) is 4.90 Å². The van der Waals surface area contributed by atoms with Crippen molar-refractivity contribution in [2.75, 3.05) is 47.0 Å². The van der Waals surface area contributed by atoms with Crippen molar-refractivity contribution in [3.63, 3.8) is 0 Å². The Hall–Kier alpha value is -3.96. The van der Waals surface area contributed by atoms with Crippen molar-refractivity contribution >= 4 is 29.4 Å². The highest BCUT2D eigenvalue weighted by Gasteiger charge is 2.45. The van der Waals surface area contributed by atoms with Crippen LogP contribution in [-0.4, -0.2) is 83.0 Å². The van der Waals surface area contributed by atoms with Crippen LogP contribution in [0, 0.1) is 0 Å². The minimum absolute atomic E-state index is 0.112. The fraction of sp³-hybridized carbons (Fsp3) is 0.360. The summed E-state index contributed by atoms with van der Waals surface area (Å²) in [5, 5.41) is 0. The Morgan fingerprint density at radius 1 is 0.917 bits per heavy atom. The molecule has 0 radical (unpaired) electrons. The second-order valence-electron chi connectivity index (χ2n) is 7.75. The Morgan fingerprint density at radius 2 is 1.53 bits per heavy atom. The summed E-state index contributed by atoms with van der Waals surface area (Å²) in [5.41, 5.74) is 0.763. The van der Waals surface area contributed by atoms with E-state index in [1.54, 1.807) is 6.07 Å². The molecule has 0 saturated carbocycles. The summed E-state index contributed by atoms with van der Waals surface area (Å²) < 4.78 is 25.7. The van der Waals surface area contributed by atoms with Gasteiger partial charge in [0.25, 0.3) is 11.8 Å². The minimum atomic E-state index is -1.11. The predicted molar refractivity (Wildman–Crippen MR) is 127 cm³/mol. The smallest absolute Gasteiger partial charge is 0.337 e. The van der Waals surface area contributed by atoms with Crippen molar-refractivity contribution in [3.8, 4) is 11.5 Å². The summed E-state index contributed by atoms with van der Waals surface area (Å²) >= 11 is 0. The number of carbonyl (C=O) groups excluding carboxylic acids is 4. The molecule has 36 heavy (non-hydrogen) atoms. The molecule has 1 aliphatic heterocycles. The van der Waals surface area contributed by atoms with Crippen molar-refractivity contribution < 1.29 is 42.9 Å². The Bertz CT molecular complexity index is 1130. The summed E-state index contributed by atoms with van der Waals surface area (Å²) in [6.07, 6.45) is -1.08. The van der Waals surface area contributed by atoms with Crippen LogP contribution in [0.25, 0.3) is 0 Å². The number of anilines is 1. The van der Waals surface area contributed by atoms with Gasteiger partial charge in [-0.25, -0.2) is 9.69 Å². The predicted octanol–water partition coefficient (Wildman–Crippen LogP) is 1.88. The topological polar surface area (TPSA) is 121 Å². The van der Waals surface area contributed by atoms with Crippen molar-refractivity contribution in [1.29, 1.82) is 0 Å². The van der Waals surface area contributed by atoms with Gasteiger partial charge in [-0.3, -0.25) is 14.4 Å². The minimum Gasteiger partial charge on any atom is -0.493 e. The summed E-state index contributed by atoms with van der Waals surface area (Å²) in [4.78, 5) is 53.9. The lowest BCUT2D eigenvalue weighted by atomic mass is 10.1. The number of imide groups is 1. The molecule has 1 unspecified atom stereocenters. The first-order valence-electron chi connectivity index (χ1n) is 10.9. The molecule has 0 aliphatic carbocycles. The van der Waals surface area contributed by atoms with Gasteiger partial charge in [-0.1, -0.05) is 0 Å². The number of esters is 1. The lowest BCUT2D eigenvalue weighted by Gasteiger charge is -2.30. The monoisotopic (exact) mass is 500 g/mol. The highest BCUT2D eigenvalue weighted by molar-refractivity contribution is 6.23. The van der Waals surface area contributed by atoms with Crippen LogP contribution in [0.15, 0.2) is 42.5 Å². The summed E-state index contributed by atoms with van der Waals surface area (Å²) in [6, 6.07) is 9.34. The maximum Gasteiger partial charge on any atom is 0.337 e. The van der Waals surface area contributed by atoms with Gasteiger partial charge in [-0.15, -0.1) is 0 Å². The molecule has 3 rings (SSSR count). The maximum absolute atomic E-state index is 13.6. The van der Waals surface area contributed by atoms with E-state index >= 15 is 0 Å². The second-order valence-corrected chi connectivity index (χ2v) is 7.75. The first-order chi connectivity index (χ1) is 17.3. The summed E-state index contributed by atoms with van der Waals surface area (Å²) in [7, 11) is 6.99. The molecule has 2 aromatic rings. The molecule has 1 saturated heterocycles. The average Bonchev–Trinajstić information content (AvgIpc) is 3.21. The average molecular weight is 501 g/mol. The van der Waals surface area contributed by atoms with Gasteiger partial charge in [0.1, 0.15) is 6.04 Å². The Labute approximate surface area is 208 Å². The third-order valence-electron chi connectivity index (χ3n) is 5.81. The fourth-order valence-electron chi connectivity index (χ4n) is 3.89. The van der Waals surface area contributed by atoms with Gasteiger partial charge in [-0.2, -0.15) is 0 Å². The summed E-state index contributed by atoms with van der Waals surface area (Å²) in [6.45, 7) is -0.112. The number of hydrogen-bond acceptors (Lipinski definition) is 9. The molecule has 1 aliphatic rings. The first kappa shape index (κ1) is 26.6. The fourth-order valence-corrected chi connectivity index (χ4v) is 3.89. The summed E-state index contributed by atoms with van der Waals surface area (Å²) in [5.74, 6) is -1.39. The van der Waals surface area contributed by atoms with Crippen molar-refractivity contribution in [3.05, 3.63) is 53.6 Å². The van der Waals surface area contributed by atoms with Gasteiger partial charge >= 0.3 is 5.97 Å². The molecule has 3 amide bonds. The molecule has 2 aromatic carbocycles. The SMILES string of the molecule is COC(=O)c1ccc(N2C(=O)CC(N(CC(OC)OC)C(=O)c3ccc(OC)c(OC)c3)C2=O)cc1. The van der Waals surface area contributed by atoms with Crippen LogP contribution in [-0.2, 0) is 23.8 Å². The number of hydrogen-bond donors (Lipinski definition) is 0. The number of amides is 3. The van der Waals surface area contributed by atoms with E-state index in [0.29, 0.717) is 11.5 Å². The lowest BCUT2D eigenvalue weighted by Crippen LogP contribution is -2.49. The van der Waals surface area contributed by atoms with E-state index in [4.69, 9.17) is 18.9 Å². The number of carbonyl (C=O) groups is 4. The van der Waals surface area contributed by atoms with Crippen LogP contribution in [0.5, 0.6) is 11.5 Å². The number of rotatable bonds is 10. The van der Waals surface area contributed by atoms with E-state index in [2.05, 4.69) is 4.74 Å². The van der Waals surface area contributed by atoms with Gasteiger partial charge in [0.05, 0.1) is 45.5 Å². The van der Waals surface area contributed by atoms with E-state index in [1.807, 2.05) is 0 Å². The van der Waals surface area contributed by atoms with Gasteiger partial charge in [0.15, 0.2) is 17.8 Å². The number of benzene rings is 2. The number of nitrogens with zero attached hydrogens (tertiary/aromatic N) is 2. The molecule has 0 aromatic heterocycles. The molecule has 1 atom stereocenters. The van der Waals surface area contributed by atoms with Gasteiger partial charge in [0.2, 0.25) is 5.91 Å². The molecular formula is C25H28N2O9. The van der Waals surface area contributed by atoms with E-state index in [1.165, 1.54) is 76.8 Å². The zero-order chi connectivity index (χ0) is 26.4. The van der Waals surface area contributed by atoms with Gasteiger partial charge in [0, 0.05) is 19.8 Å². The molecule has 1 heterocycles. The van der Waals surface area contributed by atoms with Gasteiger partial charge in [-0.05, 0) is 42.5 Å². The largest absolute Gasteiger partial charge is 0.493 e. The zero-order valence-corrected chi connectivity index (χ0v) is 20.7. The highest BCUT2D eigenvalue weighted by atomic mass is 16.7. The molecule has 0 spiro atoms. The molecule has 0 N–H and O–H groups in total. The van der Waals surface area contributed by atoms with Crippen molar-refractivity contribution in [2.24, 2.45) is 0 Å². The first-order valence-corrected chi connectivity index (χ1v) is 10.9. The molecule has 1 fully saturated rings. The van der Waals surface area contributed by atoms with Crippen LogP contribution in [0.4, 0.5) is 5.69 Å². The quantitative estimate of drug-likeness (QED) is 0.273. The molecular weight excluding hydrogens is 472 g/mol. The van der Waals surface area contributed by atoms with Crippen LogP contribution in [0.3, 0.4) is 0 Å². The zero-order valence-electron chi connectivity index (χ0n) is 20.7. The normalized spacial score (nSPS) is 15.3. The van der Waals surface area contributed by atoms with Crippen LogP contribution >= 0.6 is 0 Å². The third-order valence-corrected chi connectivity index (χ3v) is 5.81. The Kier molecular flexibility index (Phi) is 8.62. The standard InChI is InChI=1S/C25H28N2O9/c1-32-19-11-8-16(12-20(19)33-2)23(29)26(14-22(34-3)35-4)18-13-21(28)27(24(18)30)17-9-6-15(7-10-17)25(31)36-5/h6-12,18,22H,13-14H2,1-5H3. The van der Waals surface area contributed by atoms with Crippen LogP contribution in [0.1, 0.15) is 27.1 Å². The molecule has 0 bridgehead atoms. The van der Waals surface area contributed by atoms with E-state index in [9.17, 15) is 19.2 Å². The molecule has 11 heteroatoms. The second kappa shape index (κ2) is 11.6. The Morgan fingerprint density at radius 3 is 2.08 bits per heavy atom. The van der Waals surface area contributed by atoms with Crippen LogP contribution in [0.2, 0.25) is 0 Å². The lowest BCUT2D eigenvalue weighted by molar-refractivity contribution is -0.128. The van der Waals surface area contributed by atoms with Crippen LogP contribution < -0.4 is 14.4 Å². The van der Waals surface area contributed by atoms with Gasteiger partial charge < -0.3 is 28.6 Å². The van der Waals surface area contributed by atoms with E-state index < -0.39 is 36.0 Å². The number of methoxy groups -OCH3 is 5. The number of ether oxygens (including phenoxy) is 5.